The molecule has 1 heterocycles. The highest BCUT2D eigenvalue weighted by molar-refractivity contribution is 7.91. The largest absolute Gasteiger partial charge is 0.610 e. The van der Waals surface area contributed by atoms with Crippen LogP contribution in [0.4, 0.5) is 0 Å². The van der Waals surface area contributed by atoms with E-state index < -0.39 is 11.2 Å². The molecule has 1 aromatic rings. The molecule has 1 N–H and O–H groups in total. The molecule has 4 heteroatoms. The molecule has 0 saturated heterocycles. The van der Waals surface area contributed by atoms with Crippen molar-refractivity contribution in [2.45, 2.75) is 4.90 Å². The Morgan fingerprint density at radius 1 is 1.70 bits per heavy atom. The first kappa shape index (κ1) is 7.53. The Kier molecular flexibility index (Phi) is 2.68. The van der Waals surface area contributed by atoms with Crippen LogP contribution in [-0.4, -0.2) is 20.6 Å². The van der Waals surface area contributed by atoms with Crippen molar-refractivity contribution in [2.75, 3.05) is 5.94 Å². The topological polar surface area (TPSA) is 56.2 Å². The average molecular weight is 157 g/mol. The molecule has 1 atom stereocenters. The lowest BCUT2D eigenvalue weighted by Gasteiger charge is -2.04. The van der Waals surface area contributed by atoms with E-state index in [1.807, 2.05) is 0 Å². The van der Waals surface area contributed by atoms with Gasteiger partial charge in [0.2, 0.25) is 5.94 Å². The number of hydrogen-bond acceptors (Lipinski definition) is 3. The van der Waals surface area contributed by atoms with Gasteiger partial charge in [-0.1, -0.05) is 0 Å². The lowest BCUT2D eigenvalue weighted by atomic mass is 10.5. The van der Waals surface area contributed by atoms with Gasteiger partial charge in [-0.25, -0.2) is 0 Å². The molecule has 10 heavy (non-hydrogen) atoms. The van der Waals surface area contributed by atoms with Crippen molar-refractivity contribution < 1.29 is 9.66 Å². The van der Waals surface area contributed by atoms with Crippen molar-refractivity contribution in [1.82, 2.24) is 4.98 Å². The van der Waals surface area contributed by atoms with Crippen LogP contribution in [0, 0.1) is 0 Å². The number of pyridine rings is 1. The SMILES string of the molecule is [O-][S+](CO)c1cccnc1. The normalized spacial score (nSPS) is 13.0. The zero-order valence-corrected chi connectivity index (χ0v) is 6.04. The van der Waals surface area contributed by atoms with Gasteiger partial charge in [0.15, 0.2) is 4.90 Å². The van der Waals surface area contributed by atoms with E-state index in [1.54, 1.807) is 18.3 Å². The number of aromatic nitrogens is 1. The third-order valence-electron chi connectivity index (χ3n) is 1.01. The standard InChI is InChI=1S/C6H7NO2S/c8-5-10(9)6-2-1-3-7-4-6/h1-4,8H,5H2. The zero-order chi connectivity index (χ0) is 7.40. The number of hydrogen-bond donors (Lipinski definition) is 1. The Labute approximate surface area is 61.9 Å². The van der Waals surface area contributed by atoms with Gasteiger partial charge in [0.1, 0.15) is 0 Å². The van der Waals surface area contributed by atoms with Gasteiger partial charge in [0, 0.05) is 17.4 Å². The van der Waals surface area contributed by atoms with Crippen LogP contribution in [0.1, 0.15) is 0 Å². The van der Waals surface area contributed by atoms with E-state index in [4.69, 9.17) is 5.11 Å². The third kappa shape index (κ3) is 1.70. The van der Waals surface area contributed by atoms with Gasteiger partial charge in [-0.05, 0) is 12.1 Å². The number of rotatable bonds is 2. The summed E-state index contributed by atoms with van der Waals surface area (Å²) in [5.74, 6) is -0.342. The minimum Gasteiger partial charge on any atom is -0.610 e. The maximum Gasteiger partial charge on any atom is 0.208 e. The summed E-state index contributed by atoms with van der Waals surface area (Å²) < 4.78 is 10.8. The molecule has 0 fully saturated rings. The molecule has 54 valence electrons. The second-order valence-electron chi connectivity index (χ2n) is 1.66. The highest BCUT2D eigenvalue weighted by atomic mass is 32.2. The highest BCUT2D eigenvalue weighted by Crippen LogP contribution is 2.06. The monoisotopic (exact) mass is 157 g/mol. The molecule has 1 rings (SSSR count). The first-order valence-electron chi connectivity index (χ1n) is 2.74. The quantitative estimate of drug-likeness (QED) is 0.621. The van der Waals surface area contributed by atoms with Crippen LogP contribution < -0.4 is 0 Å². The Morgan fingerprint density at radius 2 is 2.50 bits per heavy atom. The molecule has 0 bridgehead atoms. The van der Waals surface area contributed by atoms with Crippen LogP contribution in [0.5, 0.6) is 0 Å². The van der Waals surface area contributed by atoms with E-state index in [-0.39, 0.29) is 5.94 Å². The van der Waals surface area contributed by atoms with Crippen molar-refractivity contribution in [3.63, 3.8) is 0 Å². The van der Waals surface area contributed by atoms with Crippen LogP contribution >= 0.6 is 0 Å². The van der Waals surface area contributed by atoms with Crippen molar-refractivity contribution >= 4 is 11.2 Å². The number of aliphatic hydroxyl groups is 1. The van der Waals surface area contributed by atoms with Gasteiger partial charge < -0.3 is 9.66 Å². The maximum absolute atomic E-state index is 10.8. The van der Waals surface area contributed by atoms with E-state index in [9.17, 15) is 4.55 Å². The van der Waals surface area contributed by atoms with Gasteiger partial charge in [-0.15, -0.1) is 0 Å². The molecule has 0 aliphatic carbocycles. The Hall–Kier alpha value is -0.580. The minimum atomic E-state index is -1.30. The first-order chi connectivity index (χ1) is 4.84. The smallest absolute Gasteiger partial charge is 0.208 e. The summed E-state index contributed by atoms with van der Waals surface area (Å²) >= 11 is -1.30. The molecule has 0 aliphatic rings. The average Bonchev–Trinajstić information content (AvgIpc) is 2.05. The molecule has 0 saturated carbocycles. The van der Waals surface area contributed by atoms with E-state index in [2.05, 4.69) is 4.98 Å². The van der Waals surface area contributed by atoms with Crippen LogP contribution in [0.15, 0.2) is 29.4 Å². The van der Waals surface area contributed by atoms with Crippen molar-refractivity contribution in [3.8, 4) is 0 Å². The third-order valence-corrected chi connectivity index (χ3v) is 2.02. The zero-order valence-electron chi connectivity index (χ0n) is 5.23. The summed E-state index contributed by atoms with van der Waals surface area (Å²) in [5, 5.41) is 8.46. The number of nitrogens with zero attached hydrogens (tertiary/aromatic N) is 1. The molecule has 0 radical (unpaired) electrons. The molecule has 0 amide bonds. The van der Waals surface area contributed by atoms with Gasteiger partial charge in [0.25, 0.3) is 0 Å². The van der Waals surface area contributed by atoms with Crippen molar-refractivity contribution in [2.24, 2.45) is 0 Å². The molecular weight excluding hydrogens is 150 g/mol. The molecule has 0 aromatic carbocycles. The van der Waals surface area contributed by atoms with Gasteiger partial charge in [-0.2, -0.15) is 0 Å². The Morgan fingerprint density at radius 3 is 3.00 bits per heavy atom. The maximum atomic E-state index is 10.8. The molecule has 0 spiro atoms. The van der Waals surface area contributed by atoms with Gasteiger partial charge in [0.05, 0.1) is 6.20 Å². The second kappa shape index (κ2) is 3.55. The lowest BCUT2D eigenvalue weighted by molar-refractivity contribution is 0.358. The van der Waals surface area contributed by atoms with Gasteiger partial charge in [-0.3, -0.25) is 4.98 Å². The Balaban J connectivity index is 2.75. The fraction of sp³-hybridized carbons (Fsp3) is 0.167. The Bertz CT molecular complexity index is 192. The summed E-state index contributed by atoms with van der Waals surface area (Å²) in [6.07, 6.45) is 3.07. The van der Waals surface area contributed by atoms with Crippen molar-refractivity contribution in [3.05, 3.63) is 24.5 Å². The fourth-order valence-electron chi connectivity index (χ4n) is 0.556. The van der Waals surface area contributed by atoms with Crippen LogP contribution in [0.3, 0.4) is 0 Å². The van der Waals surface area contributed by atoms with Crippen molar-refractivity contribution in [1.29, 1.82) is 0 Å². The summed E-state index contributed by atoms with van der Waals surface area (Å²) in [6.45, 7) is 0. The summed E-state index contributed by atoms with van der Waals surface area (Å²) in [5.41, 5.74) is 0. The minimum absolute atomic E-state index is 0.342. The fourth-order valence-corrected chi connectivity index (χ4v) is 1.11. The molecule has 0 aliphatic heterocycles. The highest BCUT2D eigenvalue weighted by Gasteiger charge is 2.06. The lowest BCUT2D eigenvalue weighted by Crippen LogP contribution is -2.05. The molecule has 1 aromatic heterocycles. The first-order valence-corrected chi connectivity index (χ1v) is 4.06. The summed E-state index contributed by atoms with van der Waals surface area (Å²) in [6, 6.07) is 3.35. The second-order valence-corrected chi connectivity index (χ2v) is 3.08. The van der Waals surface area contributed by atoms with Crippen LogP contribution in [0.25, 0.3) is 0 Å². The molecule has 3 nitrogen and oxygen atoms in total. The van der Waals surface area contributed by atoms with E-state index in [1.165, 1.54) is 6.20 Å². The van der Waals surface area contributed by atoms with E-state index in [0.29, 0.717) is 4.90 Å². The summed E-state index contributed by atoms with van der Waals surface area (Å²) in [4.78, 5) is 4.31. The van der Waals surface area contributed by atoms with E-state index in [0.717, 1.165) is 0 Å². The number of aliphatic hydroxyl groups excluding tert-OH is 1. The van der Waals surface area contributed by atoms with Crippen LogP contribution in [-0.2, 0) is 11.2 Å². The van der Waals surface area contributed by atoms with Gasteiger partial charge >= 0.3 is 0 Å². The predicted octanol–water partition coefficient (Wildman–Crippen LogP) is 0.139. The van der Waals surface area contributed by atoms with Crippen LogP contribution in [0.2, 0.25) is 0 Å². The molecular formula is C6H7NO2S. The van der Waals surface area contributed by atoms with E-state index >= 15 is 0 Å². The summed E-state index contributed by atoms with van der Waals surface area (Å²) in [7, 11) is 0. The molecule has 1 unspecified atom stereocenters. The predicted molar refractivity (Wildman–Crippen MR) is 37.7 cm³/mol.